The second kappa shape index (κ2) is 12.4. The van der Waals surface area contributed by atoms with Crippen molar-refractivity contribution < 1.29 is 19.1 Å². The van der Waals surface area contributed by atoms with Gasteiger partial charge in [-0.25, -0.2) is 0 Å². The number of hydrogen-bond acceptors (Lipinski definition) is 6. The van der Waals surface area contributed by atoms with Crippen molar-refractivity contribution in [2.24, 2.45) is 0 Å². The Hall–Kier alpha value is -3.10. The van der Waals surface area contributed by atoms with Crippen molar-refractivity contribution in [2.45, 2.75) is 45.6 Å². The standard InChI is InChI=1S/C31H42N4O4/c1-4-33-16-18-34(19-17-33)14-9-13-32-30(36)28-23-10-7-8-11-24(23)31(37)35-15-12-22-20-26(38-5-2)27(39-6-3)21-25(22)29(28)35/h7-8,10-11,20-21,28-29H,4-6,9,12-19H2,1-3H3,(H,32,36). The Morgan fingerprint density at radius 2 is 1.62 bits per heavy atom. The highest BCUT2D eigenvalue weighted by molar-refractivity contribution is 6.01. The van der Waals surface area contributed by atoms with E-state index < -0.39 is 5.92 Å². The summed E-state index contributed by atoms with van der Waals surface area (Å²) in [6.07, 6.45) is 1.62. The molecule has 0 bridgehead atoms. The SMILES string of the molecule is CCOc1cc2c(cc1OCC)C1C(C(=O)NCCCN3CCN(CC)CC3)c3ccccc3C(=O)N1CC2. The van der Waals surface area contributed by atoms with Crippen LogP contribution in [0, 0.1) is 0 Å². The Kier molecular flexibility index (Phi) is 8.72. The van der Waals surface area contributed by atoms with E-state index in [1.165, 1.54) is 0 Å². The number of hydrogen-bond donors (Lipinski definition) is 1. The average molecular weight is 535 g/mol. The minimum Gasteiger partial charge on any atom is -0.490 e. The summed E-state index contributed by atoms with van der Waals surface area (Å²) in [6, 6.07) is 11.2. The van der Waals surface area contributed by atoms with Crippen LogP contribution in [0.5, 0.6) is 11.5 Å². The van der Waals surface area contributed by atoms with Gasteiger partial charge in [0.1, 0.15) is 0 Å². The van der Waals surface area contributed by atoms with Crippen LogP contribution in [0.25, 0.3) is 0 Å². The third kappa shape index (κ3) is 5.63. The highest BCUT2D eigenvalue weighted by Gasteiger charge is 2.46. The van der Waals surface area contributed by atoms with Crippen molar-refractivity contribution in [2.75, 3.05) is 65.6 Å². The summed E-state index contributed by atoms with van der Waals surface area (Å²) in [5.41, 5.74) is 3.52. The van der Waals surface area contributed by atoms with E-state index in [1.807, 2.05) is 55.1 Å². The number of nitrogens with zero attached hydrogens (tertiary/aromatic N) is 3. The van der Waals surface area contributed by atoms with Crippen molar-refractivity contribution in [3.05, 3.63) is 58.7 Å². The molecule has 1 fully saturated rings. The van der Waals surface area contributed by atoms with Gasteiger partial charge in [0.25, 0.3) is 5.91 Å². The van der Waals surface area contributed by atoms with Gasteiger partial charge in [-0.3, -0.25) is 9.59 Å². The van der Waals surface area contributed by atoms with E-state index >= 15 is 0 Å². The molecule has 0 saturated carbocycles. The molecule has 39 heavy (non-hydrogen) atoms. The highest BCUT2D eigenvalue weighted by Crippen LogP contribution is 2.48. The van der Waals surface area contributed by atoms with E-state index in [0.717, 1.165) is 68.1 Å². The lowest BCUT2D eigenvalue weighted by Crippen LogP contribution is -2.50. The number of carbonyl (C=O) groups is 2. The summed E-state index contributed by atoms with van der Waals surface area (Å²) in [5, 5.41) is 3.23. The number of rotatable bonds is 10. The van der Waals surface area contributed by atoms with Crippen LogP contribution in [-0.4, -0.2) is 92.1 Å². The Bertz CT molecular complexity index is 1180. The van der Waals surface area contributed by atoms with Gasteiger partial charge in [0.15, 0.2) is 11.5 Å². The van der Waals surface area contributed by atoms with Crippen molar-refractivity contribution >= 4 is 11.8 Å². The van der Waals surface area contributed by atoms with E-state index in [0.29, 0.717) is 44.0 Å². The van der Waals surface area contributed by atoms with Crippen LogP contribution in [0.15, 0.2) is 36.4 Å². The predicted octanol–water partition coefficient (Wildman–Crippen LogP) is 3.46. The normalized spacial score (nSPS) is 21.1. The van der Waals surface area contributed by atoms with Crippen LogP contribution in [0.3, 0.4) is 0 Å². The molecule has 0 aromatic heterocycles. The van der Waals surface area contributed by atoms with Crippen LogP contribution >= 0.6 is 0 Å². The fraction of sp³-hybridized carbons (Fsp3) is 0.548. The number of amides is 2. The zero-order chi connectivity index (χ0) is 27.4. The zero-order valence-electron chi connectivity index (χ0n) is 23.6. The maximum Gasteiger partial charge on any atom is 0.254 e. The molecule has 2 aromatic carbocycles. The van der Waals surface area contributed by atoms with Crippen molar-refractivity contribution in [3.63, 3.8) is 0 Å². The molecule has 3 heterocycles. The average Bonchev–Trinajstić information content (AvgIpc) is 2.96. The van der Waals surface area contributed by atoms with Gasteiger partial charge >= 0.3 is 0 Å². The van der Waals surface area contributed by atoms with E-state index in [4.69, 9.17) is 9.47 Å². The molecule has 0 radical (unpaired) electrons. The second-order valence-corrected chi connectivity index (χ2v) is 10.5. The van der Waals surface area contributed by atoms with Gasteiger partial charge < -0.3 is 29.5 Å². The Morgan fingerprint density at radius 3 is 2.33 bits per heavy atom. The molecule has 5 rings (SSSR count). The fourth-order valence-electron chi connectivity index (χ4n) is 6.31. The molecule has 2 atom stereocenters. The third-order valence-electron chi connectivity index (χ3n) is 8.33. The zero-order valence-corrected chi connectivity index (χ0v) is 23.6. The minimum absolute atomic E-state index is 0.0108. The van der Waals surface area contributed by atoms with E-state index in [1.54, 1.807) is 0 Å². The third-order valence-corrected chi connectivity index (χ3v) is 8.33. The van der Waals surface area contributed by atoms with Gasteiger partial charge in [0.05, 0.1) is 25.2 Å². The first-order valence-corrected chi connectivity index (χ1v) is 14.6. The minimum atomic E-state index is -0.488. The number of nitrogens with one attached hydrogen (secondary N) is 1. The van der Waals surface area contributed by atoms with E-state index in [-0.39, 0.29) is 17.9 Å². The Morgan fingerprint density at radius 1 is 0.923 bits per heavy atom. The molecule has 1 saturated heterocycles. The molecule has 0 aliphatic carbocycles. The molecule has 0 spiro atoms. The molecule has 8 nitrogen and oxygen atoms in total. The summed E-state index contributed by atoms with van der Waals surface area (Å²) in [4.78, 5) is 34.4. The first kappa shape index (κ1) is 27.5. The van der Waals surface area contributed by atoms with Gasteiger partial charge in [0.2, 0.25) is 5.91 Å². The van der Waals surface area contributed by atoms with E-state index in [9.17, 15) is 9.59 Å². The monoisotopic (exact) mass is 534 g/mol. The first-order valence-electron chi connectivity index (χ1n) is 14.6. The molecule has 3 aliphatic rings. The summed E-state index contributed by atoms with van der Waals surface area (Å²) < 4.78 is 11.8. The van der Waals surface area contributed by atoms with Gasteiger partial charge in [0, 0.05) is 44.8 Å². The molecule has 1 N–H and O–H groups in total. The number of benzene rings is 2. The maximum absolute atomic E-state index is 13.9. The number of fused-ring (bicyclic) bond motifs is 4. The van der Waals surface area contributed by atoms with Gasteiger partial charge in [-0.1, -0.05) is 25.1 Å². The lowest BCUT2D eigenvalue weighted by atomic mass is 9.75. The Labute approximate surface area is 232 Å². The lowest BCUT2D eigenvalue weighted by molar-refractivity contribution is -0.124. The van der Waals surface area contributed by atoms with Crippen molar-refractivity contribution in [1.29, 1.82) is 0 Å². The highest BCUT2D eigenvalue weighted by atomic mass is 16.5. The van der Waals surface area contributed by atoms with Crippen LogP contribution in [0.1, 0.15) is 66.2 Å². The largest absolute Gasteiger partial charge is 0.490 e. The first-order chi connectivity index (χ1) is 19.0. The summed E-state index contributed by atoms with van der Waals surface area (Å²) in [7, 11) is 0. The second-order valence-electron chi connectivity index (χ2n) is 10.5. The molecule has 2 unspecified atom stereocenters. The molecule has 2 amide bonds. The molecule has 210 valence electrons. The number of ether oxygens (including phenoxy) is 2. The number of piperazine rings is 1. The molecular weight excluding hydrogens is 492 g/mol. The summed E-state index contributed by atoms with van der Waals surface area (Å²) >= 11 is 0. The van der Waals surface area contributed by atoms with Crippen molar-refractivity contribution in [3.8, 4) is 11.5 Å². The molecular formula is C31H42N4O4. The predicted molar refractivity (Wildman–Crippen MR) is 152 cm³/mol. The summed E-state index contributed by atoms with van der Waals surface area (Å²) in [5.74, 6) is 0.853. The van der Waals surface area contributed by atoms with Gasteiger partial charge in [-0.2, -0.15) is 0 Å². The van der Waals surface area contributed by atoms with Crippen LogP contribution in [0.4, 0.5) is 0 Å². The smallest absolute Gasteiger partial charge is 0.254 e. The van der Waals surface area contributed by atoms with Crippen LogP contribution in [-0.2, 0) is 11.2 Å². The number of carbonyl (C=O) groups excluding carboxylic acids is 2. The van der Waals surface area contributed by atoms with Crippen LogP contribution in [0.2, 0.25) is 0 Å². The summed E-state index contributed by atoms with van der Waals surface area (Å²) in [6.45, 7) is 14.8. The fourth-order valence-corrected chi connectivity index (χ4v) is 6.31. The molecule has 2 aromatic rings. The van der Waals surface area contributed by atoms with Gasteiger partial charge in [-0.05, 0) is 74.7 Å². The molecule has 8 heteroatoms. The van der Waals surface area contributed by atoms with Crippen LogP contribution < -0.4 is 14.8 Å². The van der Waals surface area contributed by atoms with E-state index in [2.05, 4.69) is 22.0 Å². The maximum atomic E-state index is 13.9. The quantitative estimate of drug-likeness (QED) is 0.471. The lowest BCUT2D eigenvalue weighted by Gasteiger charge is -2.45. The number of likely N-dealkylation sites (N-methyl/N-ethyl adjacent to an activating group) is 1. The molecule has 3 aliphatic heterocycles. The van der Waals surface area contributed by atoms with Gasteiger partial charge in [-0.15, -0.1) is 0 Å². The Balaban J connectivity index is 1.38. The topological polar surface area (TPSA) is 74.4 Å². The van der Waals surface area contributed by atoms with Crippen molar-refractivity contribution in [1.82, 2.24) is 20.0 Å².